The fraction of sp³-hybridized carbons (Fsp3) is 0.500. The lowest BCUT2D eigenvalue weighted by Crippen LogP contribution is -2.18. The molecule has 0 aromatic rings. The molecule has 0 bridgehead atoms. The summed E-state index contributed by atoms with van der Waals surface area (Å²) in [6, 6.07) is 0. The molecule has 0 saturated carbocycles. The highest BCUT2D eigenvalue weighted by molar-refractivity contribution is 6.11. The molecule has 4 aliphatic rings. The predicted molar refractivity (Wildman–Crippen MR) is 277 cm³/mol. The van der Waals surface area contributed by atoms with Crippen LogP contribution in [0.25, 0.3) is 0 Å². The van der Waals surface area contributed by atoms with Gasteiger partial charge in [0.2, 0.25) is 17.3 Å². The molecule has 0 N–H and O–H groups in total. The van der Waals surface area contributed by atoms with Gasteiger partial charge in [-0.05, 0) is 76.0 Å². The largest absolute Gasteiger partial charge is 0.462 e. The van der Waals surface area contributed by atoms with Gasteiger partial charge in [0.25, 0.3) is 0 Å². The first-order valence-electron chi connectivity index (χ1n) is 26.8. The molecule has 6 atom stereocenters. The quantitative estimate of drug-likeness (QED) is 0.0958. The van der Waals surface area contributed by atoms with Gasteiger partial charge < -0.3 is 14.2 Å². The number of ether oxygens (including phenoxy) is 3. The molecule has 1 heterocycles. The summed E-state index contributed by atoms with van der Waals surface area (Å²) in [5.41, 5.74) is 0.0796. The number of esters is 3. The highest BCUT2D eigenvalue weighted by atomic mass is 19.4. The molecule has 0 radical (unpaired) electrons. The summed E-state index contributed by atoms with van der Waals surface area (Å²) < 4.78 is 177. The van der Waals surface area contributed by atoms with Gasteiger partial charge in [0.05, 0.1) is 19.3 Å². The van der Waals surface area contributed by atoms with Crippen LogP contribution in [0.2, 0.25) is 0 Å². The molecule has 0 amide bonds. The van der Waals surface area contributed by atoms with E-state index in [1.807, 2.05) is 0 Å². The second kappa shape index (κ2) is 33.4. The molecular formula is C60H66F12O9. The van der Waals surface area contributed by atoms with Crippen LogP contribution in [0, 0.1) is 17.8 Å². The lowest BCUT2D eigenvalue weighted by Gasteiger charge is -2.16. The van der Waals surface area contributed by atoms with E-state index < -0.39 is 127 Å². The molecule has 444 valence electrons. The standard InChI is InChI=1S/C60H66F12O9/c61-49-37-40-19-7-1-4-10-25-52(73)79-43(22-13-16-34-58(64,65)66)29-32-47-41(38-50(62)56(47)77)20-8-3-6-12-27-54(75)81-45(24-15-18-36-60(70,71)72)30-33-48-42(39-51(63)57(48)78)21-9-2-5-11-26-53(74)80-44(28-31-46(40)55(49)76)23-14-17-35-59(67,68)69/h1-3,7-9,13-18,31-33,37-45H,4-6,10-12,19-30,34-36H2/b7-1-,8-3-,9-2-,16-13-,17-14-,18-15-,46-31+,47-32+,48-33+/t40-,41-,42-,43-,44-,45-/m0/s1. The summed E-state index contributed by atoms with van der Waals surface area (Å²) in [6.45, 7) is 0. The topological polar surface area (TPSA) is 130 Å². The summed E-state index contributed by atoms with van der Waals surface area (Å²) in [7, 11) is 0. The maximum atomic E-state index is 14.7. The number of hydrogen-bond donors (Lipinski definition) is 0. The average Bonchev–Trinajstić information content (AvgIpc) is 3.94. The van der Waals surface area contributed by atoms with E-state index in [4.69, 9.17) is 14.2 Å². The minimum Gasteiger partial charge on any atom is -0.462 e. The monoisotopic (exact) mass is 1160 g/mol. The summed E-state index contributed by atoms with van der Waals surface area (Å²) in [5, 5.41) is 0. The van der Waals surface area contributed by atoms with E-state index in [1.54, 1.807) is 36.5 Å². The summed E-state index contributed by atoms with van der Waals surface area (Å²) in [5.74, 6) is -10.3. The van der Waals surface area contributed by atoms with E-state index in [0.717, 1.165) is 36.5 Å². The molecule has 3 aliphatic carbocycles. The summed E-state index contributed by atoms with van der Waals surface area (Å²) >= 11 is 0. The number of Topliss-reactive ketones (excluding diaryl/α,β-unsaturated/α-hetero) is 3. The van der Waals surface area contributed by atoms with Crippen LogP contribution in [-0.2, 0) is 43.0 Å². The Bertz CT molecular complexity index is 2290. The van der Waals surface area contributed by atoms with Crippen molar-refractivity contribution in [1.82, 2.24) is 0 Å². The third-order valence-corrected chi connectivity index (χ3v) is 13.0. The second-order valence-electron chi connectivity index (χ2n) is 19.7. The highest BCUT2D eigenvalue weighted by Gasteiger charge is 2.33. The molecule has 0 spiro atoms. The van der Waals surface area contributed by atoms with Crippen molar-refractivity contribution < 1.29 is 95.7 Å². The Balaban J connectivity index is 1.56. The van der Waals surface area contributed by atoms with E-state index in [-0.39, 0.29) is 113 Å². The van der Waals surface area contributed by atoms with Crippen molar-refractivity contribution in [3.63, 3.8) is 0 Å². The Labute approximate surface area is 462 Å². The lowest BCUT2D eigenvalue weighted by molar-refractivity contribution is -0.149. The van der Waals surface area contributed by atoms with E-state index in [2.05, 4.69) is 0 Å². The maximum Gasteiger partial charge on any atom is 0.392 e. The van der Waals surface area contributed by atoms with Gasteiger partial charge in [-0.15, -0.1) is 0 Å². The highest BCUT2D eigenvalue weighted by Crippen LogP contribution is 2.35. The zero-order valence-corrected chi connectivity index (χ0v) is 44.4. The van der Waals surface area contributed by atoms with Crippen molar-refractivity contribution in [2.24, 2.45) is 17.8 Å². The molecule has 81 heavy (non-hydrogen) atoms. The van der Waals surface area contributed by atoms with Crippen LogP contribution in [0.3, 0.4) is 0 Å². The first-order valence-corrected chi connectivity index (χ1v) is 26.8. The first-order chi connectivity index (χ1) is 38.3. The number of ketones is 3. The second-order valence-corrected chi connectivity index (χ2v) is 19.7. The molecule has 9 nitrogen and oxygen atoms in total. The summed E-state index contributed by atoms with van der Waals surface area (Å²) in [6.07, 6.45) is 3.49. The Kier molecular flexibility index (Phi) is 27.6. The molecular weight excluding hydrogens is 1090 g/mol. The van der Waals surface area contributed by atoms with Crippen LogP contribution < -0.4 is 0 Å². The third-order valence-electron chi connectivity index (χ3n) is 13.0. The molecule has 0 aromatic carbocycles. The number of carbonyl (C=O) groups excluding carboxylic acids is 6. The Morgan fingerprint density at radius 2 is 0.642 bits per heavy atom. The van der Waals surface area contributed by atoms with Gasteiger partial charge in [-0.3, -0.25) is 28.8 Å². The minimum absolute atomic E-state index is 0.0265. The van der Waals surface area contributed by atoms with Crippen molar-refractivity contribution in [3.05, 3.63) is 144 Å². The van der Waals surface area contributed by atoms with Gasteiger partial charge in [0, 0.05) is 92.3 Å². The molecule has 0 aromatic heterocycles. The van der Waals surface area contributed by atoms with Crippen LogP contribution in [-0.4, -0.2) is 72.1 Å². The third kappa shape index (κ3) is 26.3. The van der Waals surface area contributed by atoms with Crippen molar-refractivity contribution in [1.29, 1.82) is 0 Å². The number of halogens is 12. The fourth-order valence-electron chi connectivity index (χ4n) is 8.92. The van der Waals surface area contributed by atoms with E-state index in [0.29, 0.717) is 19.3 Å². The van der Waals surface area contributed by atoms with Crippen LogP contribution in [0.4, 0.5) is 52.7 Å². The number of cyclic esters (lactones) is 3. The van der Waals surface area contributed by atoms with Crippen molar-refractivity contribution in [2.75, 3.05) is 0 Å². The van der Waals surface area contributed by atoms with Gasteiger partial charge >= 0.3 is 36.4 Å². The van der Waals surface area contributed by atoms with Gasteiger partial charge in [0.15, 0.2) is 17.5 Å². The predicted octanol–water partition coefficient (Wildman–Crippen LogP) is 15.9. The molecule has 4 rings (SSSR count). The molecule has 0 saturated heterocycles. The molecule has 0 unspecified atom stereocenters. The van der Waals surface area contributed by atoms with Crippen molar-refractivity contribution >= 4 is 35.3 Å². The SMILES string of the molecule is O=C1CCC/C=C\C[C@H]2C=C(F)C(=O)/C2=C/C[C@H](C/C=C\CC(F)(F)F)OC(=O)CCC/C=C\C[C@H]2C=C(F)C(=O)/C2=C/C[C@H](C/C=C\CC(F)(F)F)OC(=O)CCC/C=C\C[C@H]2C=C(F)C(=O)/C2=C/C[C@H](C/C=C\CC(F)(F)F)O1. The molecule has 0 fully saturated rings. The Morgan fingerprint density at radius 3 is 0.889 bits per heavy atom. The van der Waals surface area contributed by atoms with Crippen LogP contribution in [0.5, 0.6) is 0 Å². The lowest BCUT2D eigenvalue weighted by atomic mass is 9.96. The van der Waals surface area contributed by atoms with Crippen LogP contribution >= 0.6 is 0 Å². The number of alkyl halides is 9. The number of hydrogen-bond acceptors (Lipinski definition) is 9. The number of allylic oxidation sites excluding steroid dienone is 18. The zero-order valence-electron chi connectivity index (χ0n) is 44.4. The fourth-order valence-corrected chi connectivity index (χ4v) is 8.92. The Morgan fingerprint density at radius 1 is 0.383 bits per heavy atom. The van der Waals surface area contributed by atoms with Gasteiger partial charge in [-0.1, -0.05) is 91.1 Å². The zero-order chi connectivity index (χ0) is 59.6. The smallest absolute Gasteiger partial charge is 0.392 e. The van der Waals surface area contributed by atoms with Gasteiger partial charge in [-0.2, -0.15) is 39.5 Å². The van der Waals surface area contributed by atoms with E-state index in [9.17, 15) is 81.5 Å². The number of rotatable bonds is 9. The van der Waals surface area contributed by atoms with Crippen LogP contribution in [0.1, 0.15) is 135 Å². The number of carbonyl (C=O) groups is 6. The maximum absolute atomic E-state index is 14.7. The normalized spacial score (nSPS) is 28.3. The molecule has 1 aliphatic heterocycles. The summed E-state index contributed by atoms with van der Waals surface area (Å²) in [4.78, 5) is 77.6. The van der Waals surface area contributed by atoms with E-state index in [1.165, 1.54) is 36.5 Å². The first kappa shape index (κ1) is 67.0. The van der Waals surface area contributed by atoms with Crippen molar-refractivity contribution in [2.45, 2.75) is 172 Å². The van der Waals surface area contributed by atoms with Gasteiger partial charge in [-0.25, -0.2) is 13.2 Å². The number of fused-ring (bicyclic) bond motifs is 3. The molecule has 21 heteroatoms. The van der Waals surface area contributed by atoms with Crippen molar-refractivity contribution in [3.8, 4) is 0 Å². The average molecular weight is 1160 g/mol. The van der Waals surface area contributed by atoms with E-state index >= 15 is 0 Å². The van der Waals surface area contributed by atoms with Crippen LogP contribution in [0.15, 0.2) is 144 Å². The minimum atomic E-state index is -4.51. The Hall–Kier alpha value is -6.54. The van der Waals surface area contributed by atoms with Gasteiger partial charge in [0.1, 0.15) is 18.3 Å².